The van der Waals surface area contributed by atoms with Crippen LogP contribution in [0.3, 0.4) is 0 Å². The largest absolute Gasteiger partial charge is 0.493 e. The molecule has 34 heavy (non-hydrogen) atoms. The fourth-order valence-electron chi connectivity index (χ4n) is 3.77. The van der Waals surface area contributed by atoms with Crippen molar-refractivity contribution >= 4 is 28.3 Å². The maximum absolute atomic E-state index is 13.5. The standard InChI is InChI=1S/C26H19N5O3/c1-30-20-10-4-3-9-19(20)28-24(30)17(16-27)15-18-25(34-22-12-6-5-11-21(22)33-2)29-23-13-7-8-14-31(23)26(18)32/h3-15H,1-2H3. The van der Waals surface area contributed by atoms with Crippen molar-refractivity contribution in [3.05, 3.63) is 94.7 Å². The van der Waals surface area contributed by atoms with Gasteiger partial charge < -0.3 is 14.0 Å². The molecule has 0 aliphatic rings. The normalized spacial score (nSPS) is 11.5. The number of pyridine rings is 1. The van der Waals surface area contributed by atoms with Crippen LogP contribution in [0.4, 0.5) is 0 Å². The zero-order chi connectivity index (χ0) is 23.7. The summed E-state index contributed by atoms with van der Waals surface area (Å²) in [6.07, 6.45) is 3.09. The molecule has 0 amide bonds. The first kappa shape index (κ1) is 21.0. The van der Waals surface area contributed by atoms with E-state index < -0.39 is 0 Å². The van der Waals surface area contributed by atoms with E-state index in [2.05, 4.69) is 16.0 Å². The van der Waals surface area contributed by atoms with E-state index >= 15 is 0 Å². The van der Waals surface area contributed by atoms with E-state index in [0.717, 1.165) is 11.0 Å². The Morgan fingerprint density at radius 3 is 2.50 bits per heavy atom. The molecule has 0 saturated heterocycles. The van der Waals surface area contributed by atoms with Gasteiger partial charge in [0.25, 0.3) is 5.56 Å². The molecule has 0 saturated carbocycles. The Morgan fingerprint density at radius 1 is 1.00 bits per heavy atom. The topological polar surface area (TPSA) is 94.4 Å². The van der Waals surface area contributed by atoms with Gasteiger partial charge in [0.05, 0.1) is 23.7 Å². The first-order valence-electron chi connectivity index (χ1n) is 10.5. The van der Waals surface area contributed by atoms with Gasteiger partial charge in [-0.1, -0.05) is 30.3 Å². The number of aromatic nitrogens is 4. The number of nitrogens with zero attached hydrogens (tertiary/aromatic N) is 5. The number of imidazole rings is 1. The summed E-state index contributed by atoms with van der Waals surface area (Å²) in [5.41, 5.74) is 1.99. The van der Waals surface area contributed by atoms with Gasteiger partial charge in [0, 0.05) is 13.2 Å². The van der Waals surface area contributed by atoms with Crippen LogP contribution in [-0.4, -0.2) is 26.0 Å². The van der Waals surface area contributed by atoms with E-state index in [9.17, 15) is 10.1 Å². The van der Waals surface area contributed by atoms with Gasteiger partial charge in [-0.15, -0.1) is 0 Å². The summed E-state index contributed by atoms with van der Waals surface area (Å²) in [6, 6.07) is 22.1. The molecule has 2 aromatic carbocycles. The van der Waals surface area contributed by atoms with Gasteiger partial charge in [-0.3, -0.25) is 9.20 Å². The molecular formula is C26H19N5O3. The van der Waals surface area contributed by atoms with Gasteiger partial charge in [0.1, 0.15) is 17.3 Å². The third kappa shape index (κ3) is 3.55. The van der Waals surface area contributed by atoms with Gasteiger partial charge >= 0.3 is 0 Å². The lowest BCUT2D eigenvalue weighted by atomic mass is 10.1. The monoisotopic (exact) mass is 449 g/mol. The molecule has 0 bridgehead atoms. The Kier molecular flexibility index (Phi) is 5.28. The van der Waals surface area contributed by atoms with Crippen LogP contribution in [0.5, 0.6) is 17.4 Å². The summed E-state index contributed by atoms with van der Waals surface area (Å²) in [4.78, 5) is 22.6. The highest BCUT2D eigenvalue weighted by molar-refractivity contribution is 5.91. The van der Waals surface area contributed by atoms with Gasteiger partial charge in [-0.2, -0.15) is 10.2 Å². The number of fused-ring (bicyclic) bond motifs is 2. The van der Waals surface area contributed by atoms with Crippen LogP contribution in [0.25, 0.3) is 28.3 Å². The zero-order valence-corrected chi connectivity index (χ0v) is 18.5. The number of methoxy groups -OCH3 is 1. The summed E-state index contributed by atoms with van der Waals surface area (Å²) in [5, 5.41) is 10.00. The van der Waals surface area contributed by atoms with E-state index in [1.54, 1.807) is 42.6 Å². The Morgan fingerprint density at radius 2 is 1.74 bits per heavy atom. The minimum atomic E-state index is -0.373. The van der Waals surface area contributed by atoms with Crippen molar-refractivity contribution in [2.24, 2.45) is 7.05 Å². The summed E-state index contributed by atoms with van der Waals surface area (Å²) in [7, 11) is 3.36. The Hall–Kier alpha value is -4.90. The molecule has 0 aliphatic carbocycles. The van der Waals surface area contributed by atoms with Crippen LogP contribution >= 0.6 is 0 Å². The molecule has 3 aromatic heterocycles. The van der Waals surface area contributed by atoms with Gasteiger partial charge in [0.15, 0.2) is 17.3 Å². The number of ether oxygens (including phenoxy) is 2. The first-order valence-corrected chi connectivity index (χ1v) is 10.5. The molecule has 0 aliphatic heterocycles. The van der Waals surface area contributed by atoms with Gasteiger partial charge in [-0.05, 0) is 42.5 Å². The maximum Gasteiger partial charge on any atom is 0.269 e. The summed E-state index contributed by atoms with van der Waals surface area (Å²) < 4.78 is 14.7. The van der Waals surface area contributed by atoms with Crippen molar-refractivity contribution in [2.75, 3.05) is 7.11 Å². The van der Waals surface area contributed by atoms with Crippen molar-refractivity contribution in [3.8, 4) is 23.4 Å². The molecule has 0 unspecified atom stereocenters. The second kappa shape index (κ2) is 8.56. The van der Waals surface area contributed by atoms with Crippen LogP contribution in [0.15, 0.2) is 77.7 Å². The van der Waals surface area contributed by atoms with E-state index in [4.69, 9.17) is 9.47 Å². The molecule has 5 rings (SSSR count). The van der Waals surface area contributed by atoms with Crippen molar-refractivity contribution in [3.63, 3.8) is 0 Å². The molecule has 166 valence electrons. The highest BCUT2D eigenvalue weighted by Gasteiger charge is 2.18. The fourth-order valence-corrected chi connectivity index (χ4v) is 3.77. The highest BCUT2D eigenvalue weighted by Crippen LogP contribution is 2.32. The number of allylic oxidation sites excluding steroid dienone is 1. The van der Waals surface area contributed by atoms with Crippen LogP contribution in [0.2, 0.25) is 0 Å². The van der Waals surface area contributed by atoms with E-state index in [1.807, 2.05) is 41.9 Å². The lowest BCUT2D eigenvalue weighted by Gasteiger charge is -2.12. The third-order valence-corrected chi connectivity index (χ3v) is 5.45. The molecular weight excluding hydrogens is 430 g/mol. The molecule has 3 heterocycles. The first-order chi connectivity index (χ1) is 16.6. The van der Waals surface area contributed by atoms with Crippen LogP contribution in [0.1, 0.15) is 11.4 Å². The Balaban J connectivity index is 1.74. The molecule has 8 heteroatoms. The number of nitriles is 1. The molecule has 0 radical (unpaired) electrons. The SMILES string of the molecule is COc1ccccc1Oc1nc2ccccn2c(=O)c1C=C(C#N)c1nc2ccccc2n1C. The Bertz CT molecular complexity index is 1670. The minimum absolute atomic E-state index is 0.0622. The van der Waals surface area contributed by atoms with Crippen molar-refractivity contribution in [1.82, 2.24) is 18.9 Å². The maximum atomic E-state index is 13.5. The molecule has 0 atom stereocenters. The fraction of sp³-hybridized carbons (Fsp3) is 0.0769. The average molecular weight is 449 g/mol. The Labute approximate surface area is 194 Å². The number of benzene rings is 2. The minimum Gasteiger partial charge on any atom is -0.493 e. The zero-order valence-electron chi connectivity index (χ0n) is 18.5. The second-order valence-corrected chi connectivity index (χ2v) is 7.47. The molecule has 0 fully saturated rings. The van der Waals surface area contributed by atoms with Crippen molar-refractivity contribution in [2.45, 2.75) is 0 Å². The van der Waals surface area contributed by atoms with Gasteiger partial charge in [0.2, 0.25) is 5.88 Å². The van der Waals surface area contributed by atoms with Crippen LogP contribution < -0.4 is 15.0 Å². The summed E-state index contributed by atoms with van der Waals surface area (Å²) in [5.74, 6) is 1.38. The highest BCUT2D eigenvalue weighted by atomic mass is 16.5. The van der Waals surface area contributed by atoms with Crippen molar-refractivity contribution < 1.29 is 9.47 Å². The predicted molar refractivity (Wildman–Crippen MR) is 129 cm³/mol. The number of hydrogen-bond donors (Lipinski definition) is 0. The van der Waals surface area contributed by atoms with E-state index in [-0.39, 0.29) is 22.6 Å². The van der Waals surface area contributed by atoms with Crippen LogP contribution in [0, 0.1) is 11.3 Å². The van der Waals surface area contributed by atoms with Gasteiger partial charge in [-0.25, -0.2) is 4.98 Å². The number of hydrogen-bond acceptors (Lipinski definition) is 6. The third-order valence-electron chi connectivity index (χ3n) is 5.45. The smallest absolute Gasteiger partial charge is 0.269 e. The molecule has 5 aromatic rings. The number of rotatable bonds is 5. The quantitative estimate of drug-likeness (QED) is 0.368. The molecule has 0 spiro atoms. The lowest BCUT2D eigenvalue weighted by molar-refractivity contribution is 0.374. The molecule has 8 nitrogen and oxygen atoms in total. The second-order valence-electron chi connectivity index (χ2n) is 7.47. The predicted octanol–water partition coefficient (Wildman–Crippen LogP) is 4.45. The number of para-hydroxylation sites is 4. The van der Waals surface area contributed by atoms with E-state index in [0.29, 0.717) is 23.0 Å². The van der Waals surface area contributed by atoms with E-state index in [1.165, 1.54) is 17.6 Å². The molecule has 0 N–H and O–H groups in total. The number of aryl methyl sites for hydroxylation is 1. The summed E-state index contributed by atoms with van der Waals surface area (Å²) >= 11 is 0. The average Bonchev–Trinajstić information content (AvgIpc) is 3.20. The summed E-state index contributed by atoms with van der Waals surface area (Å²) in [6.45, 7) is 0. The van der Waals surface area contributed by atoms with Crippen molar-refractivity contribution in [1.29, 1.82) is 5.26 Å². The van der Waals surface area contributed by atoms with Crippen LogP contribution in [-0.2, 0) is 7.05 Å². The lowest BCUT2D eigenvalue weighted by Crippen LogP contribution is -2.19.